The Bertz CT molecular complexity index is 1010. The van der Waals surface area contributed by atoms with Crippen molar-refractivity contribution in [3.05, 3.63) is 64.7 Å². The molecular formula is C19H15ClN4O3. The number of rotatable bonds is 4. The SMILES string of the molecule is Cc1ccc(Nc2ccc(NC(=O)c3ccc4c(c3)OCO4)nn2)cc1Cl. The molecule has 0 radical (unpaired) electrons. The molecule has 1 aliphatic heterocycles. The average Bonchev–Trinajstić information content (AvgIpc) is 3.14. The van der Waals surface area contributed by atoms with Crippen molar-refractivity contribution < 1.29 is 14.3 Å². The van der Waals surface area contributed by atoms with Crippen LogP contribution in [-0.4, -0.2) is 22.9 Å². The van der Waals surface area contributed by atoms with Gasteiger partial charge in [0.2, 0.25) is 6.79 Å². The molecule has 1 aromatic heterocycles. The van der Waals surface area contributed by atoms with E-state index in [0.29, 0.717) is 33.7 Å². The zero-order valence-electron chi connectivity index (χ0n) is 14.3. The van der Waals surface area contributed by atoms with Crippen LogP contribution in [0, 0.1) is 6.92 Å². The summed E-state index contributed by atoms with van der Waals surface area (Å²) in [5, 5.41) is 14.6. The molecule has 3 aromatic rings. The van der Waals surface area contributed by atoms with Crippen molar-refractivity contribution in [1.29, 1.82) is 0 Å². The van der Waals surface area contributed by atoms with Gasteiger partial charge in [-0.2, -0.15) is 0 Å². The maximum Gasteiger partial charge on any atom is 0.257 e. The molecule has 0 aliphatic carbocycles. The molecule has 7 nitrogen and oxygen atoms in total. The third-order valence-electron chi connectivity index (χ3n) is 3.99. The standard InChI is InChI=1S/C19H15ClN4O3/c1-11-2-4-13(9-14(11)20)21-17-6-7-18(24-23-17)22-19(25)12-3-5-15-16(8-12)27-10-26-15/h2-9H,10H2,1H3,(H,21,23)(H,22,24,25). The summed E-state index contributed by atoms with van der Waals surface area (Å²) in [4.78, 5) is 12.4. The number of ether oxygens (including phenoxy) is 2. The number of carbonyl (C=O) groups is 1. The van der Waals surface area contributed by atoms with Crippen molar-refractivity contribution >= 4 is 34.8 Å². The maximum absolute atomic E-state index is 12.4. The van der Waals surface area contributed by atoms with Gasteiger partial charge in [-0.3, -0.25) is 4.79 Å². The molecule has 0 atom stereocenters. The first-order valence-electron chi connectivity index (χ1n) is 8.16. The second kappa shape index (κ2) is 7.13. The highest BCUT2D eigenvalue weighted by Crippen LogP contribution is 2.32. The van der Waals surface area contributed by atoms with Crippen molar-refractivity contribution in [3.63, 3.8) is 0 Å². The van der Waals surface area contributed by atoms with Crippen molar-refractivity contribution in [1.82, 2.24) is 10.2 Å². The van der Waals surface area contributed by atoms with Gasteiger partial charge >= 0.3 is 0 Å². The lowest BCUT2D eigenvalue weighted by Crippen LogP contribution is -2.13. The van der Waals surface area contributed by atoms with Crippen LogP contribution in [0.4, 0.5) is 17.3 Å². The number of anilines is 3. The first kappa shape index (κ1) is 17.1. The molecular weight excluding hydrogens is 368 g/mol. The Morgan fingerprint density at radius 3 is 2.56 bits per heavy atom. The summed E-state index contributed by atoms with van der Waals surface area (Å²) in [6, 6.07) is 14.0. The van der Waals surface area contributed by atoms with Gasteiger partial charge < -0.3 is 20.1 Å². The molecule has 2 aromatic carbocycles. The Balaban J connectivity index is 1.43. The minimum absolute atomic E-state index is 0.159. The summed E-state index contributed by atoms with van der Waals surface area (Å²) in [5.41, 5.74) is 2.24. The Morgan fingerprint density at radius 1 is 1.00 bits per heavy atom. The molecule has 0 saturated heterocycles. The number of amides is 1. The van der Waals surface area contributed by atoms with Crippen molar-refractivity contribution in [3.8, 4) is 11.5 Å². The van der Waals surface area contributed by atoms with Crippen LogP contribution in [0.3, 0.4) is 0 Å². The molecule has 0 bridgehead atoms. The van der Waals surface area contributed by atoms with E-state index in [2.05, 4.69) is 20.8 Å². The number of aryl methyl sites for hydroxylation is 1. The van der Waals surface area contributed by atoms with E-state index in [-0.39, 0.29) is 12.7 Å². The van der Waals surface area contributed by atoms with Gasteiger partial charge in [-0.05, 0) is 55.0 Å². The van der Waals surface area contributed by atoms with E-state index in [0.717, 1.165) is 11.3 Å². The molecule has 1 amide bonds. The normalized spacial score (nSPS) is 11.9. The van der Waals surface area contributed by atoms with E-state index >= 15 is 0 Å². The van der Waals surface area contributed by atoms with E-state index in [4.69, 9.17) is 21.1 Å². The van der Waals surface area contributed by atoms with Crippen LogP contribution in [-0.2, 0) is 0 Å². The Hall–Kier alpha value is -3.32. The molecule has 136 valence electrons. The highest BCUT2D eigenvalue weighted by Gasteiger charge is 2.16. The largest absolute Gasteiger partial charge is 0.454 e. The molecule has 2 heterocycles. The lowest BCUT2D eigenvalue weighted by atomic mass is 10.2. The van der Waals surface area contributed by atoms with Crippen LogP contribution in [0.2, 0.25) is 5.02 Å². The molecule has 27 heavy (non-hydrogen) atoms. The quantitative estimate of drug-likeness (QED) is 0.704. The molecule has 0 unspecified atom stereocenters. The van der Waals surface area contributed by atoms with Gasteiger partial charge in [0.25, 0.3) is 5.91 Å². The lowest BCUT2D eigenvalue weighted by molar-refractivity contribution is 0.102. The molecule has 0 spiro atoms. The number of benzene rings is 2. The van der Waals surface area contributed by atoms with Crippen LogP contribution in [0.1, 0.15) is 15.9 Å². The van der Waals surface area contributed by atoms with E-state index < -0.39 is 0 Å². The number of nitrogens with zero attached hydrogens (tertiary/aromatic N) is 2. The molecule has 2 N–H and O–H groups in total. The predicted octanol–water partition coefficient (Wildman–Crippen LogP) is 4.16. The third kappa shape index (κ3) is 3.78. The van der Waals surface area contributed by atoms with Gasteiger partial charge in [0.15, 0.2) is 23.1 Å². The Labute approximate surface area is 160 Å². The molecule has 0 saturated carbocycles. The summed E-state index contributed by atoms with van der Waals surface area (Å²) in [6.45, 7) is 2.09. The maximum atomic E-state index is 12.4. The van der Waals surface area contributed by atoms with Crippen molar-refractivity contribution in [2.75, 3.05) is 17.4 Å². The summed E-state index contributed by atoms with van der Waals surface area (Å²) in [6.07, 6.45) is 0. The number of hydrogen-bond acceptors (Lipinski definition) is 6. The fourth-order valence-electron chi connectivity index (χ4n) is 2.51. The van der Waals surface area contributed by atoms with E-state index in [1.807, 2.05) is 25.1 Å². The smallest absolute Gasteiger partial charge is 0.257 e. The minimum atomic E-state index is -0.311. The zero-order valence-corrected chi connectivity index (χ0v) is 15.1. The van der Waals surface area contributed by atoms with Crippen molar-refractivity contribution in [2.24, 2.45) is 0 Å². The van der Waals surface area contributed by atoms with Gasteiger partial charge in [0.05, 0.1) is 0 Å². The lowest BCUT2D eigenvalue weighted by Gasteiger charge is -2.08. The van der Waals surface area contributed by atoms with E-state index in [9.17, 15) is 4.79 Å². The minimum Gasteiger partial charge on any atom is -0.454 e. The number of carbonyl (C=O) groups excluding carboxylic acids is 1. The zero-order chi connectivity index (χ0) is 18.8. The first-order valence-corrected chi connectivity index (χ1v) is 8.54. The number of hydrogen-bond donors (Lipinski definition) is 2. The predicted molar refractivity (Wildman–Crippen MR) is 102 cm³/mol. The number of fused-ring (bicyclic) bond motifs is 1. The second-order valence-corrected chi connectivity index (χ2v) is 6.32. The summed E-state index contributed by atoms with van der Waals surface area (Å²) in [7, 11) is 0. The molecule has 1 aliphatic rings. The fourth-order valence-corrected chi connectivity index (χ4v) is 2.69. The van der Waals surface area contributed by atoms with Gasteiger partial charge in [0.1, 0.15) is 0 Å². The monoisotopic (exact) mass is 382 g/mol. The fraction of sp³-hybridized carbons (Fsp3) is 0.105. The highest BCUT2D eigenvalue weighted by molar-refractivity contribution is 6.31. The van der Waals surface area contributed by atoms with Gasteiger partial charge in [-0.25, -0.2) is 0 Å². The van der Waals surface area contributed by atoms with E-state index in [1.54, 1.807) is 30.3 Å². The van der Waals surface area contributed by atoms with Crippen LogP contribution in [0.25, 0.3) is 0 Å². The Morgan fingerprint density at radius 2 is 1.78 bits per heavy atom. The van der Waals surface area contributed by atoms with Gasteiger partial charge in [-0.15, -0.1) is 10.2 Å². The number of aromatic nitrogens is 2. The van der Waals surface area contributed by atoms with Crippen LogP contribution in [0.5, 0.6) is 11.5 Å². The Kier molecular flexibility index (Phi) is 4.52. The molecule has 4 rings (SSSR count). The van der Waals surface area contributed by atoms with Gasteiger partial charge in [-0.1, -0.05) is 17.7 Å². The van der Waals surface area contributed by atoms with Crippen molar-refractivity contribution in [2.45, 2.75) is 6.92 Å². The summed E-state index contributed by atoms with van der Waals surface area (Å²) >= 11 is 6.12. The second-order valence-electron chi connectivity index (χ2n) is 5.91. The first-order chi connectivity index (χ1) is 13.1. The summed E-state index contributed by atoms with van der Waals surface area (Å²) < 4.78 is 10.5. The van der Waals surface area contributed by atoms with Crippen LogP contribution in [0.15, 0.2) is 48.5 Å². The van der Waals surface area contributed by atoms with E-state index in [1.165, 1.54) is 0 Å². The van der Waals surface area contributed by atoms with Gasteiger partial charge in [0, 0.05) is 16.3 Å². The van der Waals surface area contributed by atoms with Crippen LogP contribution < -0.4 is 20.1 Å². The number of nitrogens with one attached hydrogen (secondary N) is 2. The molecule has 8 heteroatoms. The third-order valence-corrected chi connectivity index (χ3v) is 4.39. The topological polar surface area (TPSA) is 85.4 Å². The highest BCUT2D eigenvalue weighted by atomic mass is 35.5. The molecule has 0 fully saturated rings. The summed E-state index contributed by atoms with van der Waals surface area (Å²) in [5.74, 6) is 1.73. The number of halogens is 1. The van der Waals surface area contributed by atoms with Crippen LogP contribution >= 0.6 is 11.6 Å². The average molecular weight is 383 g/mol.